The molecule has 17 heavy (non-hydrogen) atoms. The van der Waals surface area contributed by atoms with Crippen molar-refractivity contribution in [2.45, 2.75) is 37.8 Å². The summed E-state index contributed by atoms with van der Waals surface area (Å²) in [6, 6.07) is 8.85. The van der Waals surface area contributed by atoms with Gasteiger partial charge in [-0.25, -0.2) is 0 Å². The van der Waals surface area contributed by atoms with Gasteiger partial charge in [0.05, 0.1) is 12.8 Å². The maximum Gasteiger partial charge on any atom is 0.142 e. The largest absolute Gasteiger partial charge is 0.495 e. The van der Waals surface area contributed by atoms with Crippen LogP contribution in [0.25, 0.3) is 0 Å². The Morgan fingerprint density at radius 2 is 1.94 bits per heavy atom. The molecule has 2 N–H and O–H groups in total. The van der Waals surface area contributed by atoms with E-state index in [2.05, 4.69) is 18.0 Å². The standard InChI is InChI=1S/C14H22N2O/c1-16(12-8-4-3-7-11(12)15)13-9-5-6-10-14(13)17-2/h5-6,9-12H,3-4,7-8,15H2,1-2H3. The second-order valence-corrected chi connectivity index (χ2v) is 4.80. The van der Waals surface area contributed by atoms with E-state index in [0.29, 0.717) is 6.04 Å². The summed E-state index contributed by atoms with van der Waals surface area (Å²) in [6.07, 6.45) is 4.84. The Kier molecular flexibility index (Phi) is 3.89. The lowest BCUT2D eigenvalue weighted by Gasteiger charge is -2.37. The molecular formula is C14H22N2O. The summed E-state index contributed by atoms with van der Waals surface area (Å²) in [5.74, 6) is 0.924. The van der Waals surface area contributed by atoms with E-state index in [9.17, 15) is 0 Å². The first kappa shape index (κ1) is 12.2. The second kappa shape index (κ2) is 5.41. The fourth-order valence-electron chi connectivity index (χ4n) is 2.72. The Morgan fingerprint density at radius 1 is 1.24 bits per heavy atom. The topological polar surface area (TPSA) is 38.5 Å². The van der Waals surface area contributed by atoms with Crippen LogP contribution in [0.15, 0.2) is 24.3 Å². The van der Waals surface area contributed by atoms with Gasteiger partial charge in [0.25, 0.3) is 0 Å². The zero-order chi connectivity index (χ0) is 12.3. The Bertz CT molecular complexity index is 367. The number of ether oxygens (including phenoxy) is 1. The van der Waals surface area contributed by atoms with Crippen LogP contribution >= 0.6 is 0 Å². The number of benzene rings is 1. The van der Waals surface area contributed by atoms with E-state index in [1.54, 1.807) is 7.11 Å². The zero-order valence-corrected chi connectivity index (χ0v) is 10.7. The molecule has 1 aliphatic rings. The molecule has 3 nitrogen and oxygen atoms in total. The third-order valence-corrected chi connectivity index (χ3v) is 3.74. The van der Waals surface area contributed by atoms with Gasteiger partial charge < -0.3 is 15.4 Å². The number of anilines is 1. The van der Waals surface area contributed by atoms with Crippen molar-refractivity contribution in [2.75, 3.05) is 19.1 Å². The third kappa shape index (κ3) is 2.55. The van der Waals surface area contributed by atoms with Gasteiger partial charge >= 0.3 is 0 Å². The van der Waals surface area contributed by atoms with E-state index in [0.717, 1.165) is 17.9 Å². The van der Waals surface area contributed by atoms with Crippen LogP contribution in [-0.2, 0) is 0 Å². The molecule has 3 heteroatoms. The number of nitrogens with zero attached hydrogens (tertiary/aromatic N) is 1. The van der Waals surface area contributed by atoms with Crippen molar-refractivity contribution < 1.29 is 4.74 Å². The number of likely N-dealkylation sites (N-methyl/N-ethyl adjacent to an activating group) is 1. The molecule has 0 spiro atoms. The molecule has 1 fully saturated rings. The lowest BCUT2D eigenvalue weighted by Crippen LogP contribution is -2.48. The molecule has 0 aliphatic heterocycles. The molecule has 0 heterocycles. The lowest BCUT2D eigenvalue weighted by atomic mass is 9.90. The van der Waals surface area contributed by atoms with Crippen molar-refractivity contribution in [3.05, 3.63) is 24.3 Å². The number of para-hydroxylation sites is 2. The highest BCUT2D eigenvalue weighted by atomic mass is 16.5. The van der Waals surface area contributed by atoms with Crippen LogP contribution in [0.2, 0.25) is 0 Å². The molecule has 2 rings (SSSR count). The Hall–Kier alpha value is -1.22. The summed E-state index contributed by atoms with van der Waals surface area (Å²) >= 11 is 0. The highest BCUT2D eigenvalue weighted by Crippen LogP contribution is 2.31. The second-order valence-electron chi connectivity index (χ2n) is 4.80. The van der Waals surface area contributed by atoms with E-state index in [4.69, 9.17) is 10.5 Å². The number of rotatable bonds is 3. The van der Waals surface area contributed by atoms with Crippen molar-refractivity contribution in [3.63, 3.8) is 0 Å². The molecule has 0 radical (unpaired) electrons. The molecule has 0 amide bonds. The SMILES string of the molecule is COc1ccccc1N(C)C1CCCCC1N. The number of hydrogen-bond acceptors (Lipinski definition) is 3. The molecule has 1 saturated carbocycles. The van der Waals surface area contributed by atoms with Crippen LogP contribution < -0.4 is 15.4 Å². The van der Waals surface area contributed by atoms with Gasteiger partial charge in [-0.15, -0.1) is 0 Å². The van der Waals surface area contributed by atoms with Crippen molar-refractivity contribution in [2.24, 2.45) is 5.73 Å². The number of hydrogen-bond donors (Lipinski definition) is 1. The smallest absolute Gasteiger partial charge is 0.142 e. The highest BCUT2D eigenvalue weighted by Gasteiger charge is 2.26. The third-order valence-electron chi connectivity index (χ3n) is 3.74. The predicted octanol–water partition coefficient (Wildman–Crippen LogP) is 2.40. The summed E-state index contributed by atoms with van der Waals surface area (Å²) in [4.78, 5) is 2.28. The molecule has 1 aromatic rings. The Balaban J connectivity index is 2.20. The predicted molar refractivity (Wildman–Crippen MR) is 71.6 cm³/mol. The molecule has 1 aliphatic carbocycles. The van der Waals surface area contributed by atoms with Gasteiger partial charge in [0.15, 0.2) is 0 Å². The first-order valence-corrected chi connectivity index (χ1v) is 6.35. The van der Waals surface area contributed by atoms with Gasteiger partial charge in [0.2, 0.25) is 0 Å². The molecule has 1 aromatic carbocycles. The summed E-state index contributed by atoms with van der Waals surface area (Å²) in [7, 11) is 3.83. The molecule has 0 bridgehead atoms. The van der Waals surface area contributed by atoms with E-state index in [1.807, 2.05) is 18.2 Å². The molecule has 0 saturated heterocycles. The normalized spacial score (nSPS) is 24.4. The van der Waals surface area contributed by atoms with E-state index in [1.165, 1.54) is 19.3 Å². The van der Waals surface area contributed by atoms with E-state index >= 15 is 0 Å². The van der Waals surface area contributed by atoms with Gasteiger partial charge in [0.1, 0.15) is 5.75 Å². The number of nitrogens with two attached hydrogens (primary N) is 1. The van der Waals surface area contributed by atoms with Crippen molar-refractivity contribution in [1.29, 1.82) is 0 Å². The fourth-order valence-corrected chi connectivity index (χ4v) is 2.72. The molecule has 94 valence electrons. The fraction of sp³-hybridized carbons (Fsp3) is 0.571. The monoisotopic (exact) mass is 234 g/mol. The van der Waals surface area contributed by atoms with Gasteiger partial charge in [-0.1, -0.05) is 25.0 Å². The lowest BCUT2D eigenvalue weighted by molar-refractivity contribution is 0.367. The first-order valence-electron chi connectivity index (χ1n) is 6.35. The molecular weight excluding hydrogens is 212 g/mol. The van der Waals surface area contributed by atoms with Crippen molar-refractivity contribution in [3.8, 4) is 5.75 Å². The van der Waals surface area contributed by atoms with Crippen LogP contribution in [0.5, 0.6) is 5.75 Å². The van der Waals surface area contributed by atoms with Crippen molar-refractivity contribution in [1.82, 2.24) is 0 Å². The van der Waals surface area contributed by atoms with Gasteiger partial charge in [-0.2, -0.15) is 0 Å². The first-order chi connectivity index (χ1) is 8.24. The van der Waals surface area contributed by atoms with Crippen molar-refractivity contribution >= 4 is 5.69 Å². The maximum atomic E-state index is 6.23. The van der Waals surface area contributed by atoms with Crippen LogP contribution in [-0.4, -0.2) is 26.2 Å². The minimum atomic E-state index is 0.277. The Labute approximate surface area is 104 Å². The molecule has 0 aromatic heterocycles. The average molecular weight is 234 g/mol. The summed E-state index contributed by atoms with van der Waals surface area (Å²) in [5.41, 5.74) is 7.36. The molecule has 2 atom stereocenters. The number of methoxy groups -OCH3 is 1. The Morgan fingerprint density at radius 3 is 2.65 bits per heavy atom. The minimum absolute atomic E-state index is 0.277. The van der Waals surface area contributed by atoms with E-state index in [-0.39, 0.29) is 6.04 Å². The molecule has 2 unspecified atom stereocenters. The summed E-state index contributed by atoms with van der Waals surface area (Å²) in [6.45, 7) is 0. The van der Waals surface area contributed by atoms with Crippen LogP contribution in [0.1, 0.15) is 25.7 Å². The summed E-state index contributed by atoms with van der Waals surface area (Å²) in [5, 5.41) is 0. The zero-order valence-electron chi connectivity index (χ0n) is 10.7. The quantitative estimate of drug-likeness (QED) is 0.872. The van der Waals surface area contributed by atoms with Gasteiger partial charge in [-0.3, -0.25) is 0 Å². The van der Waals surface area contributed by atoms with Crippen LogP contribution in [0.3, 0.4) is 0 Å². The minimum Gasteiger partial charge on any atom is -0.495 e. The van der Waals surface area contributed by atoms with Crippen LogP contribution in [0.4, 0.5) is 5.69 Å². The van der Waals surface area contributed by atoms with E-state index < -0.39 is 0 Å². The average Bonchev–Trinajstić information content (AvgIpc) is 2.38. The maximum absolute atomic E-state index is 6.23. The highest BCUT2D eigenvalue weighted by molar-refractivity contribution is 5.58. The van der Waals surface area contributed by atoms with Gasteiger partial charge in [-0.05, 0) is 25.0 Å². The summed E-state index contributed by atoms with van der Waals surface area (Å²) < 4.78 is 5.41. The van der Waals surface area contributed by atoms with Crippen LogP contribution in [0, 0.1) is 0 Å². The van der Waals surface area contributed by atoms with Gasteiger partial charge in [0, 0.05) is 19.1 Å².